The Kier molecular flexibility index (Phi) is 6.20. The Labute approximate surface area is 149 Å². The quantitative estimate of drug-likeness (QED) is 0.735. The van der Waals surface area contributed by atoms with Crippen LogP contribution >= 0.6 is 15.9 Å². The highest BCUT2D eigenvalue weighted by atomic mass is 79.9. The number of hydrogen-bond donors (Lipinski definition) is 0. The molecule has 0 aliphatic rings. The van der Waals surface area contributed by atoms with Crippen LogP contribution in [-0.4, -0.2) is 31.6 Å². The maximum absolute atomic E-state index is 13.7. The second-order valence-electron chi connectivity index (χ2n) is 5.29. The zero-order chi connectivity index (χ0) is 17.7. The first-order valence-electron chi connectivity index (χ1n) is 7.40. The van der Waals surface area contributed by atoms with Gasteiger partial charge in [-0.05, 0) is 31.2 Å². The Balaban J connectivity index is 2.03. The van der Waals surface area contributed by atoms with E-state index >= 15 is 0 Å². The Morgan fingerprint density at radius 2 is 1.96 bits per heavy atom. The zero-order valence-electron chi connectivity index (χ0n) is 13.8. The van der Waals surface area contributed by atoms with Crippen molar-refractivity contribution in [1.82, 2.24) is 4.90 Å². The molecule has 24 heavy (non-hydrogen) atoms. The van der Waals surface area contributed by atoms with Gasteiger partial charge in [-0.25, -0.2) is 4.39 Å². The Hall–Kier alpha value is -2.08. The van der Waals surface area contributed by atoms with Crippen LogP contribution in [0.5, 0.6) is 11.5 Å². The van der Waals surface area contributed by atoms with Crippen molar-refractivity contribution in [1.29, 1.82) is 0 Å². The van der Waals surface area contributed by atoms with Crippen LogP contribution in [0.3, 0.4) is 0 Å². The molecule has 0 fully saturated rings. The molecule has 0 aromatic heterocycles. The highest BCUT2D eigenvalue weighted by Gasteiger charge is 2.21. The van der Waals surface area contributed by atoms with Gasteiger partial charge in [-0.2, -0.15) is 0 Å². The minimum absolute atomic E-state index is 0.0462. The van der Waals surface area contributed by atoms with E-state index in [4.69, 9.17) is 9.47 Å². The smallest absolute Gasteiger partial charge is 0.260 e. The summed E-state index contributed by atoms with van der Waals surface area (Å²) in [6.45, 7) is 1.66. The largest absolute Gasteiger partial charge is 0.496 e. The number of carbonyl (C=O) groups excluding carboxylic acids is 1. The van der Waals surface area contributed by atoms with Gasteiger partial charge in [0, 0.05) is 17.1 Å². The van der Waals surface area contributed by atoms with Gasteiger partial charge in [0.1, 0.15) is 5.75 Å². The summed E-state index contributed by atoms with van der Waals surface area (Å²) in [6, 6.07) is 11.7. The fourth-order valence-electron chi connectivity index (χ4n) is 2.27. The van der Waals surface area contributed by atoms with Crippen LogP contribution in [0.25, 0.3) is 0 Å². The fraction of sp³-hybridized carbons (Fsp3) is 0.278. The first-order valence-corrected chi connectivity index (χ1v) is 8.19. The number of halogens is 2. The normalized spacial score (nSPS) is 11.7. The molecular weight excluding hydrogens is 377 g/mol. The van der Waals surface area contributed by atoms with E-state index in [0.29, 0.717) is 10.2 Å². The number of nitrogens with zero attached hydrogens (tertiary/aromatic N) is 1. The van der Waals surface area contributed by atoms with Crippen LogP contribution in [0.2, 0.25) is 0 Å². The average molecular weight is 396 g/mol. The number of benzene rings is 2. The minimum Gasteiger partial charge on any atom is -0.496 e. The van der Waals surface area contributed by atoms with E-state index in [1.807, 2.05) is 31.2 Å². The van der Waals surface area contributed by atoms with E-state index in [-0.39, 0.29) is 24.3 Å². The number of ether oxygens (including phenoxy) is 2. The molecule has 128 valence electrons. The highest BCUT2D eigenvalue weighted by molar-refractivity contribution is 9.10. The number of rotatable bonds is 6. The number of para-hydroxylation sites is 1. The molecule has 0 spiro atoms. The van der Waals surface area contributed by atoms with Gasteiger partial charge in [0.15, 0.2) is 18.2 Å². The third-order valence-electron chi connectivity index (χ3n) is 3.81. The SMILES string of the molecule is COc1ccccc1C(C)N(C)C(=O)COc1ccc(Br)cc1F. The fourth-order valence-corrected chi connectivity index (χ4v) is 2.60. The van der Waals surface area contributed by atoms with Crippen LogP contribution < -0.4 is 9.47 Å². The van der Waals surface area contributed by atoms with Crippen LogP contribution in [0.15, 0.2) is 46.9 Å². The van der Waals surface area contributed by atoms with Crippen molar-refractivity contribution in [3.05, 3.63) is 58.3 Å². The Morgan fingerprint density at radius 3 is 2.62 bits per heavy atom. The van der Waals surface area contributed by atoms with Gasteiger partial charge in [-0.15, -0.1) is 0 Å². The van der Waals surface area contributed by atoms with E-state index in [9.17, 15) is 9.18 Å². The standard InChI is InChI=1S/C18H19BrFNO3/c1-12(14-6-4-5-7-16(14)23-3)21(2)18(22)11-24-17-9-8-13(19)10-15(17)20/h4-10,12H,11H2,1-3H3. The summed E-state index contributed by atoms with van der Waals surface area (Å²) in [5, 5.41) is 0. The summed E-state index contributed by atoms with van der Waals surface area (Å²) in [4.78, 5) is 13.9. The van der Waals surface area contributed by atoms with Gasteiger partial charge in [0.25, 0.3) is 5.91 Å². The molecule has 2 aromatic rings. The van der Waals surface area contributed by atoms with Crippen molar-refractivity contribution < 1.29 is 18.7 Å². The lowest BCUT2D eigenvalue weighted by Gasteiger charge is -2.26. The van der Waals surface area contributed by atoms with E-state index in [2.05, 4.69) is 15.9 Å². The van der Waals surface area contributed by atoms with Crippen LogP contribution in [0.1, 0.15) is 18.5 Å². The maximum Gasteiger partial charge on any atom is 0.260 e. The minimum atomic E-state index is -0.516. The van der Waals surface area contributed by atoms with E-state index in [0.717, 1.165) is 5.56 Å². The van der Waals surface area contributed by atoms with E-state index < -0.39 is 5.82 Å². The molecule has 4 nitrogen and oxygen atoms in total. The molecule has 2 aromatic carbocycles. The van der Waals surface area contributed by atoms with Crippen molar-refractivity contribution in [3.63, 3.8) is 0 Å². The van der Waals surface area contributed by atoms with E-state index in [1.165, 1.54) is 12.1 Å². The highest BCUT2D eigenvalue weighted by Crippen LogP contribution is 2.28. The maximum atomic E-state index is 13.7. The number of carbonyl (C=O) groups is 1. The zero-order valence-corrected chi connectivity index (χ0v) is 15.3. The Bertz CT molecular complexity index is 723. The molecule has 6 heteroatoms. The average Bonchev–Trinajstić information content (AvgIpc) is 2.59. The van der Waals surface area contributed by atoms with Crippen molar-refractivity contribution in [2.24, 2.45) is 0 Å². The summed E-state index contributed by atoms with van der Waals surface area (Å²) in [5.41, 5.74) is 0.894. The number of methoxy groups -OCH3 is 1. The van der Waals surface area contributed by atoms with Gasteiger partial charge >= 0.3 is 0 Å². The molecule has 1 atom stereocenters. The molecule has 0 N–H and O–H groups in total. The van der Waals surface area contributed by atoms with Crippen LogP contribution in [0.4, 0.5) is 4.39 Å². The van der Waals surface area contributed by atoms with Crippen molar-refractivity contribution in [2.45, 2.75) is 13.0 Å². The summed E-state index contributed by atoms with van der Waals surface area (Å²) in [5.74, 6) is -0.0113. The lowest BCUT2D eigenvalue weighted by molar-refractivity contribution is -0.134. The second kappa shape index (κ2) is 8.15. The molecule has 0 bridgehead atoms. The summed E-state index contributed by atoms with van der Waals surface area (Å²) >= 11 is 3.18. The molecular formula is C18H19BrFNO3. The Morgan fingerprint density at radius 1 is 1.25 bits per heavy atom. The van der Waals surface area contributed by atoms with Crippen molar-refractivity contribution >= 4 is 21.8 Å². The van der Waals surface area contributed by atoms with Crippen molar-refractivity contribution in [3.8, 4) is 11.5 Å². The summed E-state index contributed by atoms with van der Waals surface area (Å²) in [7, 11) is 3.27. The van der Waals surface area contributed by atoms with Crippen LogP contribution in [-0.2, 0) is 4.79 Å². The molecule has 2 rings (SSSR count). The number of hydrogen-bond acceptors (Lipinski definition) is 3. The molecule has 0 heterocycles. The second-order valence-corrected chi connectivity index (χ2v) is 6.20. The third kappa shape index (κ3) is 4.26. The lowest BCUT2D eigenvalue weighted by atomic mass is 10.1. The van der Waals surface area contributed by atoms with Gasteiger partial charge in [-0.1, -0.05) is 34.1 Å². The molecule has 0 saturated heterocycles. The summed E-state index contributed by atoms with van der Waals surface area (Å²) in [6.07, 6.45) is 0. The molecule has 1 unspecified atom stereocenters. The van der Waals surface area contributed by atoms with Gasteiger partial charge in [0.05, 0.1) is 13.2 Å². The molecule has 0 aliphatic heterocycles. The molecule has 0 aliphatic carbocycles. The summed E-state index contributed by atoms with van der Waals surface area (Å²) < 4.78 is 25.0. The topological polar surface area (TPSA) is 38.8 Å². The van der Waals surface area contributed by atoms with Crippen molar-refractivity contribution in [2.75, 3.05) is 20.8 Å². The molecule has 1 amide bonds. The predicted octanol–water partition coefficient (Wildman–Crippen LogP) is 4.20. The van der Waals surface area contributed by atoms with Crippen LogP contribution in [0, 0.1) is 5.82 Å². The van der Waals surface area contributed by atoms with E-state index in [1.54, 1.807) is 25.1 Å². The first kappa shape index (κ1) is 18.3. The third-order valence-corrected chi connectivity index (χ3v) is 4.30. The number of likely N-dealkylation sites (N-methyl/N-ethyl adjacent to an activating group) is 1. The molecule has 0 saturated carbocycles. The predicted molar refractivity (Wildman–Crippen MR) is 93.8 cm³/mol. The molecule has 0 radical (unpaired) electrons. The van der Waals surface area contributed by atoms with Gasteiger partial charge < -0.3 is 14.4 Å². The monoisotopic (exact) mass is 395 g/mol. The number of amides is 1. The first-order chi connectivity index (χ1) is 11.4. The van der Waals surface area contributed by atoms with Gasteiger partial charge in [-0.3, -0.25) is 4.79 Å². The van der Waals surface area contributed by atoms with Gasteiger partial charge in [0.2, 0.25) is 0 Å². The lowest BCUT2D eigenvalue weighted by Crippen LogP contribution is -2.33.